The minimum atomic E-state index is -0.385. The van der Waals surface area contributed by atoms with Gasteiger partial charge in [0.15, 0.2) is 0 Å². The van der Waals surface area contributed by atoms with Gasteiger partial charge in [0.2, 0.25) is 0 Å². The molecule has 2 atom stereocenters. The molecule has 54 valence electrons. The second-order valence-electron chi connectivity index (χ2n) is 2.77. The third-order valence-corrected chi connectivity index (χ3v) is 1.69. The number of hydrogen-bond acceptors (Lipinski definition) is 3. The van der Waals surface area contributed by atoms with Gasteiger partial charge in [-0.2, -0.15) is 0 Å². The average Bonchev–Trinajstić information content (AvgIpc) is 1.59. The molecule has 3 nitrogen and oxygen atoms in total. The van der Waals surface area contributed by atoms with E-state index in [2.05, 4.69) is 0 Å². The van der Waals surface area contributed by atoms with Gasteiger partial charge >= 0.3 is 0 Å². The largest absolute Gasteiger partial charge is 0.393 e. The van der Waals surface area contributed by atoms with Crippen molar-refractivity contribution in [1.29, 1.82) is 0 Å². The van der Waals surface area contributed by atoms with Gasteiger partial charge < -0.3 is 15.9 Å². The molecule has 1 aliphatic rings. The molecule has 0 aliphatic heterocycles. The van der Waals surface area contributed by atoms with Crippen molar-refractivity contribution in [2.45, 2.75) is 37.5 Å². The van der Waals surface area contributed by atoms with Crippen LogP contribution in [0.25, 0.3) is 0 Å². The Hall–Kier alpha value is -0.120. The number of nitrogens with two attached hydrogens (primary N) is 1. The van der Waals surface area contributed by atoms with Gasteiger partial charge in [0.25, 0.3) is 0 Å². The Labute approximate surface area is 54.5 Å². The zero-order chi connectivity index (χ0) is 6.85. The lowest BCUT2D eigenvalue weighted by molar-refractivity contribution is 0.0320. The first-order valence-electron chi connectivity index (χ1n) is 3.30. The summed E-state index contributed by atoms with van der Waals surface area (Å²) in [5, 5.41) is 18.0. The molecule has 0 aromatic carbocycles. The number of rotatable bonds is 0. The van der Waals surface area contributed by atoms with Crippen LogP contribution in [0, 0.1) is 0 Å². The van der Waals surface area contributed by atoms with Crippen molar-refractivity contribution < 1.29 is 10.2 Å². The van der Waals surface area contributed by atoms with E-state index in [1.54, 1.807) is 0 Å². The first kappa shape index (κ1) is 6.99. The van der Waals surface area contributed by atoms with Crippen molar-refractivity contribution in [1.82, 2.24) is 0 Å². The van der Waals surface area contributed by atoms with Gasteiger partial charge in [-0.3, -0.25) is 0 Å². The standard InChI is InChI=1S/C6H13NO2/c7-4-1-5(8)3-6(9)2-4/h4-6,8-9H,1-3,7H2. The van der Waals surface area contributed by atoms with Crippen LogP contribution in [0.3, 0.4) is 0 Å². The molecule has 1 fully saturated rings. The number of aliphatic hydroxyl groups excluding tert-OH is 2. The molecule has 0 aromatic rings. The molecule has 0 radical (unpaired) electrons. The summed E-state index contributed by atoms with van der Waals surface area (Å²) in [6.07, 6.45) is 0.995. The van der Waals surface area contributed by atoms with E-state index in [4.69, 9.17) is 15.9 Å². The second kappa shape index (κ2) is 2.64. The van der Waals surface area contributed by atoms with E-state index in [1.807, 2.05) is 0 Å². The minimum Gasteiger partial charge on any atom is -0.393 e. The van der Waals surface area contributed by atoms with Gasteiger partial charge in [-0.15, -0.1) is 0 Å². The van der Waals surface area contributed by atoms with Crippen LogP contribution in [0.2, 0.25) is 0 Å². The zero-order valence-electron chi connectivity index (χ0n) is 5.33. The minimum absolute atomic E-state index is 0.0104. The van der Waals surface area contributed by atoms with Crippen LogP contribution in [0.1, 0.15) is 19.3 Å². The van der Waals surface area contributed by atoms with Crippen molar-refractivity contribution in [2.75, 3.05) is 0 Å². The fourth-order valence-corrected chi connectivity index (χ4v) is 1.30. The number of aliphatic hydroxyl groups is 2. The monoisotopic (exact) mass is 131 g/mol. The Bertz CT molecular complexity index is 72.0. The summed E-state index contributed by atoms with van der Waals surface area (Å²) < 4.78 is 0. The molecular weight excluding hydrogens is 118 g/mol. The summed E-state index contributed by atoms with van der Waals surface area (Å²) in [5.74, 6) is 0. The summed E-state index contributed by atoms with van der Waals surface area (Å²) >= 11 is 0. The van der Waals surface area contributed by atoms with E-state index in [1.165, 1.54) is 0 Å². The molecule has 9 heavy (non-hydrogen) atoms. The topological polar surface area (TPSA) is 66.5 Å². The highest BCUT2D eigenvalue weighted by atomic mass is 16.3. The summed E-state index contributed by atoms with van der Waals surface area (Å²) in [4.78, 5) is 0. The maximum absolute atomic E-state index is 9.01. The molecule has 2 unspecified atom stereocenters. The van der Waals surface area contributed by atoms with Crippen molar-refractivity contribution in [2.24, 2.45) is 5.73 Å². The smallest absolute Gasteiger partial charge is 0.0579 e. The van der Waals surface area contributed by atoms with Crippen LogP contribution < -0.4 is 5.73 Å². The van der Waals surface area contributed by atoms with E-state index in [0.29, 0.717) is 19.3 Å². The Morgan fingerprint density at radius 1 is 1.00 bits per heavy atom. The lowest BCUT2D eigenvalue weighted by Gasteiger charge is -2.26. The Morgan fingerprint density at radius 2 is 1.44 bits per heavy atom. The molecule has 3 heteroatoms. The van der Waals surface area contributed by atoms with Gasteiger partial charge in [0.1, 0.15) is 0 Å². The molecular formula is C6H13NO2. The number of hydrogen-bond donors (Lipinski definition) is 3. The van der Waals surface area contributed by atoms with Crippen LogP contribution >= 0.6 is 0 Å². The molecule has 0 bridgehead atoms. The molecule has 1 rings (SSSR count). The quantitative estimate of drug-likeness (QED) is 0.404. The van der Waals surface area contributed by atoms with E-state index in [0.717, 1.165) is 0 Å². The zero-order valence-corrected chi connectivity index (χ0v) is 5.33. The molecule has 0 spiro atoms. The van der Waals surface area contributed by atoms with Gasteiger partial charge in [-0.25, -0.2) is 0 Å². The third kappa shape index (κ3) is 1.93. The predicted molar refractivity (Wildman–Crippen MR) is 33.8 cm³/mol. The maximum atomic E-state index is 9.01. The van der Waals surface area contributed by atoms with E-state index in [9.17, 15) is 0 Å². The first-order valence-corrected chi connectivity index (χ1v) is 3.30. The summed E-state index contributed by atoms with van der Waals surface area (Å²) in [5.41, 5.74) is 5.50. The van der Waals surface area contributed by atoms with Crippen LogP contribution in [0.4, 0.5) is 0 Å². The summed E-state index contributed by atoms with van der Waals surface area (Å²) in [6, 6.07) is -0.0104. The molecule has 1 saturated carbocycles. The van der Waals surface area contributed by atoms with E-state index in [-0.39, 0.29) is 18.2 Å². The van der Waals surface area contributed by atoms with Crippen molar-refractivity contribution >= 4 is 0 Å². The fraction of sp³-hybridized carbons (Fsp3) is 1.00. The highest BCUT2D eigenvalue weighted by Crippen LogP contribution is 2.16. The van der Waals surface area contributed by atoms with Gasteiger partial charge in [-0.05, 0) is 19.3 Å². The van der Waals surface area contributed by atoms with Crippen LogP contribution in [0.15, 0.2) is 0 Å². The lowest BCUT2D eigenvalue weighted by Crippen LogP contribution is -2.37. The molecule has 1 aliphatic carbocycles. The van der Waals surface area contributed by atoms with Crippen molar-refractivity contribution in [3.05, 3.63) is 0 Å². The summed E-state index contributed by atoms with van der Waals surface area (Å²) in [7, 11) is 0. The Kier molecular flexibility index (Phi) is 2.05. The maximum Gasteiger partial charge on any atom is 0.0579 e. The molecule has 0 aromatic heterocycles. The first-order chi connectivity index (χ1) is 4.18. The predicted octanol–water partition coefficient (Wildman–Crippen LogP) is -0.781. The third-order valence-electron chi connectivity index (χ3n) is 1.69. The van der Waals surface area contributed by atoms with Crippen LogP contribution in [-0.4, -0.2) is 28.5 Å². The van der Waals surface area contributed by atoms with E-state index >= 15 is 0 Å². The Balaban J connectivity index is 2.34. The Morgan fingerprint density at radius 3 is 1.78 bits per heavy atom. The average molecular weight is 131 g/mol. The van der Waals surface area contributed by atoms with Gasteiger partial charge in [-0.1, -0.05) is 0 Å². The van der Waals surface area contributed by atoms with Crippen molar-refractivity contribution in [3.63, 3.8) is 0 Å². The fourth-order valence-electron chi connectivity index (χ4n) is 1.30. The van der Waals surface area contributed by atoms with Crippen LogP contribution in [-0.2, 0) is 0 Å². The highest BCUT2D eigenvalue weighted by molar-refractivity contribution is 4.79. The SMILES string of the molecule is NC1CC(O)CC(O)C1. The molecule has 0 amide bonds. The highest BCUT2D eigenvalue weighted by Gasteiger charge is 2.23. The van der Waals surface area contributed by atoms with Crippen molar-refractivity contribution in [3.8, 4) is 0 Å². The second-order valence-corrected chi connectivity index (χ2v) is 2.77. The normalized spacial score (nSPS) is 45.0. The molecule has 0 heterocycles. The van der Waals surface area contributed by atoms with Crippen LogP contribution in [0.5, 0.6) is 0 Å². The summed E-state index contributed by atoms with van der Waals surface area (Å²) in [6.45, 7) is 0. The van der Waals surface area contributed by atoms with Gasteiger partial charge in [0, 0.05) is 6.04 Å². The lowest BCUT2D eigenvalue weighted by atomic mass is 9.91. The van der Waals surface area contributed by atoms with E-state index < -0.39 is 0 Å². The van der Waals surface area contributed by atoms with Gasteiger partial charge in [0.05, 0.1) is 12.2 Å². The molecule has 0 saturated heterocycles. The molecule has 4 N–H and O–H groups in total.